The van der Waals surface area contributed by atoms with E-state index in [9.17, 15) is 4.39 Å². The SMILES string of the molecule is CC(C)CC1(C(Cc2cccc(Cl)c2F)NN)CCCC1. The van der Waals surface area contributed by atoms with Gasteiger partial charge < -0.3 is 0 Å². The quantitative estimate of drug-likeness (QED) is 0.601. The number of halogens is 2. The van der Waals surface area contributed by atoms with Gasteiger partial charge in [0.1, 0.15) is 5.82 Å². The third-order valence-corrected chi connectivity index (χ3v) is 5.10. The second-order valence-electron chi connectivity index (χ2n) is 6.80. The third kappa shape index (κ3) is 3.77. The highest BCUT2D eigenvalue weighted by Gasteiger charge is 2.41. The minimum atomic E-state index is -0.308. The third-order valence-electron chi connectivity index (χ3n) is 4.81. The molecule has 4 heteroatoms. The molecule has 0 bridgehead atoms. The molecule has 1 fully saturated rings. The molecule has 1 aromatic carbocycles. The lowest BCUT2D eigenvalue weighted by Gasteiger charge is -2.39. The Bertz CT molecular complexity index is 470. The Morgan fingerprint density at radius 3 is 2.57 bits per heavy atom. The summed E-state index contributed by atoms with van der Waals surface area (Å²) in [6.45, 7) is 4.49. The lowest BCUT2D eigenvalue weighted by atomic mass is 9.71. The summed E-state index contributed by atoms with van der Waals surface area (Å²) in [7, 11) is 0. The highest BCUT2D eigenvalue weighted by atomic mass is 35.5. The van der Waals surface area contributed by atoms with Crippen LogP contribution in [0.15, 0.2) is 18.2 Å². The van der Waals surface area contributed by atoms with Gasteiger partial charge in [-0.05, 0) is 48.6 Å². The first-order valence-electron chi connectivity index (χ1n) is 7.87. The predicted molar refractivity (Wildman–Crippen MR) is 86.6 cm³/mol. The van der Waals surface area contributed by atoms with Crippen molar-refractivity contribution in [2.24, 2.45) is 17.2 Å². The van der Waals surface area contributed by atoms with E-state index in [1.54, 1.807) is 12.1 Å². The Labute approximate surface area is 132 Å². The monoisotopic (exact) mass is 312 g/mol. The Balaban J connectivity index is 2.23. The van der Waals surface area contributed by atoms with Crippen LogP contribution in [0.4, 0.5) is 4.39 Å². The summed E-state index contributed by atoms with van der Waals surface area (Å²) in [5.41, 5.74) is 3.81. The first-order chi connectivity index (χ1) is 9.98. The van der Waals surface area contributed by atoms with Gasteiger partial charge in [-0.15, -0.1) is 0 Å². The van der Waals surface area contributed by atoms with Crippen molar-refractivity contribution in [2.75, 3.05) is 0 Å². The number of hydrogen-bond acceptors (Lipinski definition) is 2. The van der Waals surface area contributed by atoms with Crippen molar-refractivity contribution in [1.29, 1.82) is 0 Å². The van der Waals surface area contributed by atoms with Crippen molar-refractivity contribution >= 4 is 11.6 Å². The van der Waals surface area contributed by atoms with Crippen LogP contribution in [-0.2, 0) is 6.42 Å². The van der Waals surface area contributed by atoms with Crippen molar-refractivity contribution in [3.8, 4) is 0 Å². The van der Waals surface area contributed by atoms with Gasteiger partial charge >= 0.3 is 0 Å². The standard InChI is InChI=1S/C17H26ClFN2/c1-12(2)11-17(8-3-4-9-17)15(21-20)10-13-6-5-7-14(18)16(13)19/h5-7,12,15,21H,3-4,8-11,20H2,1-2H3. The maximum Gasteiger partial charge on any atom is 0.145 e. The van der Waals surface area contributed by atoms with Gasteiger partial charge in [-0.3, -0.25) is 11.3 Å². The molecular weight excluding hydrogens is 287 g/mol. The summed E-state index contributed by atoms with van der Waals surface area (Å²) in [5.74, 6) is 6.15. The second-order valence-corrected chi connectivity index (χ2v) is 7.21. The molecule has 0 amide bonds. The largest absolute Gasteiger partial charge is 0.271 e. The molecule has 0 spiro atoms. The lowest BCUT2D eigenvalue weighted by molar-refractivity contribution is 0.153. The molecule has 2 rings (SSSR count). The summed E-state index contributed by atoms with van der Waals surface area (Å²) in [6.07, 6.45) is 6.54. The van der Waals surface area contributed by atoms with Gasteiger partial charge in [0.25, 0.3) is 0 Å². The average Bonchev–Trinajstić information content (AvgIpc) is 2.89. The van der Waals surface area contributed by atoms with Gasteiger partial charge in [-0.1, -0.05) is 50.4 Å². The molecule has 0 radical (unpaired) electrons. The van der Waals surface area contributed by atoms with E-state index >= 15 is 0 Å². The van der Waals surface area contributed by atoms with Crippen LogP contribution in [0.25, 0.3) is 0 Å². The molecule has 1 aliphatic carbocycles. The Kier molecular flexibility index (Phi) is 5.64. The summed E-state index contributed by atoms with van der Waals surface area (Å²) in [6, 6.07) is 5.29. The summed E-state index contributed by atoms with van der Waals surface area (Å²) >= 11 is 5.89. The van der Waals surface area contributed by atoms with E-state index in [0.717, 1.165) is 6.42 Å². The fraction of sp³-hybridized carbons (Fsp3) is 0.647. The molecule has 1 saturated carbocycles. The zero-order valence-corrected chi connectivity index (χ0v) is 13.7. The molecule has 0 saturated heterocycles. The minimum absolute atomic E-state index is 0.0929. The molecule has 1 atom stereocenters. The molecule has 0 heterocycles. The molecule has 2 nitrogen and oxygen atoms in total. The van der Waals surface area contributed by atoms with Crippen LogP contribution in [0.3, 0.4) is 0 Å². The van der Waals surface area contributed by atoms with E-state index in [-0.39, 0.29) is 22.3 Å². The minimum Gasteiger partial charge on any atom is -0.271 e. The van der Waals surface area contributed by atoms with E-state index in [4.69, 9.17) is 17.4 Å². The molecule has 0 aliphatic heterocycles. The van der Waals surface area contributed by atoms with E-state index in [0.29, 0.717) is 17.9 Å². The van der Waals surface area contributed by atoms with Crippen LogP contribution in [-0.4, -0.2) is 6.04 Å². The predicted octanol–water partition coefficient (Wildman–Crippen LogP) is 4.46. The molecule has 3 N–H and O–H groups in total. The molecular formula is C17H26ClFN2. The highest BCUT2D eigenvalue weighted by Crippen LogP contribution is 2.46. The Morgan fingerprint density at radius 1 is 1.33 bits per heavy atom. The second kappa shape index (κ2) is 7.08. The van der Waals surface area contributed by atoms with Gasteiger partial charge in [-0.2, -0.15) is 0 Å². The van der Waals surface area contributed by atoms with E-state index in [2.05, 4.69) is 19.3 Å². The van der Waals surface area contributed by atoms with Gasteiger partial charge in [0.05, 0.1) is 5.02 Å². The molecule has 1 unspecified atom stereocenters. The summed E-state index contributed by atoms with van der Waals surface area (Å²) in [4.78, 5) is 0. The summed E-state index contributed by atoms with van der Waals surface area (Å²) < 4.78 is 14.2. The maximum absolute atomic E-state index is 14.2. The molecule has 21 heavy (non-hydrogen) atoms. The number of benzene rings is 1. The number of nitrogens with one attached hydrogen (secondary N) is 1. The topological polar surface area (TPSA) is 38.0 Å². The number of hydrogen-bond donors (Lipinski definition) is 2. The number of hydrazine groups is 1. The van der Waals surface area contributed by atoms with Gasteiger partial charge in [0.2, 0.25) is 0 Å². The van der Waals surface area contributed by atoms with Crippen LogP contribution in [0, 0.1) is 17.2 Å². The average molecular weight is 313 g/mol. The van der Waals surface area contributed by atoms with Crippen molar-refractivity contribution in [3.63, 3.8) is 0 Å². The fourth-order valence-electron chi connectivity index (χ4n) is 3.97. The van der Waals surface area contributed by atoms with Crippen LogP contribution in [0.1, 0.15) is 51.5 Å². The summed E-state index contributed by atoms with van der Waals surface area (Å²) in [5, 5.41) is 0.188. The first-order valence-corrected chi connectivity index (χ1v) is 8.25. The Hall–Kier alpha value is -0.640. The zero-order valence-electron chi connectivity index (χ0n) is 13.0. The maximum atomic E-state index is 14.2. The van der Waals surface area contributed by atoms with Gasteiger partial charge in [-0.25, -0.2) is 4.39 Å². The van der Waals surface area contributed by atoms with Crippen LogP contribution in [0.5, 0.6) is 0 Å². The van der Waals surface area contributed by atoms with Crippen molar-refractivity contribution in [3.05, 3.63) is 34.6 Å². The lowest BCUT2D eigenvalue weighted by Crippen LogP contribution is -2.49. The normalized spacial score (nSPS) is 19.1. The molecule has 118 valence electrons. The molecule has 0 aromatic heterocycles. The zero-order chi connectivity index (χ0) is 15.5. The van der Waals surface area contributed by atoms with Crippen molar-refractivity contribution in [1.82, 2.24) is 5.43 Å². The number of rotatable bonds is 6. The number of nitrogens with two attached hydrogens (primary N) is 1. The van der Waals surface area contributed by atoms with E-state index < -0.39 is 0 Å². The molecule has 1 aliphatic rings. The van der Waals surface area contributed by atoms with Crippen molar-refractivity contribution in [2.45, 2.75) is 58.4 Å². The first kappa shape index (κ1) is 16.7. The Morgan fingerprint density at radius 2 is 2.00 bits per heavy atom. The van der Waals surface area contributed by atoms with Crippen LogP contribution in [0.2, 0.25) is 5.02 Å². The van der Waals surface area contributed by atoms with Gasteiger partial charge in [0, 0.05) is 6.04 Å². The van der Waals surface area contributed by atoms with E-state index in [1.807, 2.05) is 6.07 Å². The van der Waals surface area contributed by atoms with Crippen LogP contribution < -0.4 is 11.3 Å². The molecule has 1 aromatic rings. The van der Waals surface area contributed by atoms with E-state index in [1.165, 1.54) is 25.7 Å². The van der Waals surface area contributed by atoms with Crippen molar-refractivity contribution < 1.29 is 4.39 Å². The van der Waals surface area contributed by atoms with Crippen LogP contribution >= 0.6 is 11.6 Å². The highest BCUT2D eigenvalue weighted by molar-refractivity contribution is 6.30. The fourth-order valence-corrected chi connectivity index (χ4v) is 4.16. The van der Waals surface area contributed by atoms with Gasteiger partial charge in [0.15, 0.2) is 0 Å². The smallest absolute Gasteiger partial charge is 0.145 e.